The number of rotatable bonds is 6. The zero-order valence-corrected chi connectivity index (χ0v) is 11.0. The summed E-state index contributed by atoms with van der Waals surface area (Å²) in [7, 11) is 1.74. The highest BCUT2D eigenvalue weighted by Crippen LogP contribution is 2.25. The Hall–Kier alpha value is 0.100. The number of nitrogens with one attached hydrogen (secondary N) is 1. The monoisotopic (exact) mass is 277 g/mol. The van der Waals surface area contributed by atoms with E-state index in [1.54, 1.807) is 18.4 Å². The maximum absolute atomic E-state index is 5.19. The highest BCUT2D eigenvalue weighted by Gasteiger charge is 2.11. The van der Waals surface area contributed by atoms with Gasteiger partial charge in [-0.25, -0.2) is 0 Å². The van der Waals surface area contributed by atoms with Crippen LogP contribution in [0, 0.1) is 0 Å². The van der Waals surface area contributed by atoms with Gasteiger partial charge in [0.05, 0.1) is 16.4 Å². The SMILES string of the molecule is CCCNC(COC)c1csc(Br)c1. The third kappa shape index (κ3) is 3.69. The van der Waals surface area contributed by atoms with Crippen LogP contribution < -0.4 is 5.32 Å². The number of hydrogen-bond acceptors (Lipinski definition) is 3. The molecule has 0 saturated carbocycles. The average molecular weight is 278 g/mol. The molecule has 1 N–H and O–H groups in total. The van der Waals surface area contributed by atoms with E-state index in [1.807, 2.05) is 0 Å². The summed E-state index contributed by atoms with van der Waals surface area (Å²) >= 11 is 5.18. The predicted octanol–water partition coefficient (Wildman–Crippen LogP) is 3.20. The van der Waals surface area contributed by atoms with Gasteiger partial charge in [-0.2, -0.15) is 0 Å². The van der Waals surface area contributed by atoms with E-state index in [1.165, 1.54) is 9.35 Å². The highest BCUT2D eigenvalue weighted by molar-refractivity contribution is 9.11. The third-order valence-electron chi connectivity index (χ3n) is 1.96. The number of halogens is 1. The molecule has 0 aromatic carbocycles. The van der Waals surface area contributed by atoms with Crippen molar-refractivity contribution in [3.63, 3.8) is 0 Å². The minimum Gasteiger partial charge on any atom is -0.383 e. The van der Waals surface area contributed by atoms with Gasteiger partial charge in [0.1, 0.15) is 0 Å². The van der Waals surface area contributed by atoms with Gasteiger partial charge in [-0.1, -0.05) is 6.92 Å². The Bertz CT molecular complexity index is 264. The molecular weight excluding hydrogens is 262 g/mol. The number of methoxy groups -OCH3 is 1. The Kier molecular flexibility index (Phi) is 5.70. The van der Waals surface area contributed by atoms with Gasteiger partial charge in [0.25, 0.3) is 0 Å². The summed E-state index contributed by atoms with van der Waals surface area (Å²) in [6.45, 7) is 3.92. The summed E-state index contributed by atoms with van der Waals surface area (Å²) < 4.78 is 6.36. The van der Waals surface area contributed by atoms with Crippen LogP contribution in [0.2, 0.25) is 0 Å². The van der Waals surface area contributed by atoms with Crippen molar-refractivity contribution in [3.8, 4) is 0 Å². The summed E-state index contributed by atoms with van der Waals surface area (Å²) in [5, 5.41) is 5.62. The van der Waals surface area contributed by atoms with Crippen molar-refractivity contribution in [3.05, 3.63) is 20.8 Å². The van der Waals surface area contributed by atoms with E-state index in [9.17, 15) is 0 Å². The molecule has 0 saturated heterocycles. The molecule has 0 aliphatic rings. The fourth-order valence-corrected chi connectivity index (χ4v) is 2.49. The van der Waals surface area contributed by atoms with Gasteiger partial charge in [0, 0.05) is 7.11 Å². The first-order chi connectivity index (χ1) is 6.77. The zero-order valence-electron chi connectivity index (χ0n) is 8.55. The van der Waals surface area contributed by atoms with Crippen molar-refractivity contribution in [1.82, 2.24) is 5.32 Å². The largest absolute Gasteiger partial charge is 0.383 e. The molecule has 0 aliphatic heterocycles. The van der Waals surface area contributed by atoms with Crippen molar-refractivity contribution < 1.29 is 4.74 Å². The van der Waals surface area contributed by atoms with Gasteiger partial charge in [0.15, 0.2) is 0 Å². The maximum Gasteiger partial charge on any atom is 0.0701 e. The van der Waals surface area contributed by atoms with Crippen LogP contribution in [0.15, 0.2) is 15.2 Å². The molecule has 1 aromatic rings. The van der Waals surface area contributed by atoms with Gasteiger partial charge in [-0.3, -0.25) is 0 Å². The minimum absolute atomic E-state index is 0.322. The quantitative estimate of drug-likeness (QED) is 0.862. The molecule has 1 heterocycles. The van der Waals surface area contributed by atoms with E-state index in [-0.39, 0.29) is 0 Å². The van der Waals surface area contributed by atoms with Crippen LogP contribution in [0.1, 0.15) is 24.9 Å². The summed E-state index contributed by atoms with van der Waals surface area (Å²) in [6, 6.07) is 2.47. The van der Waals surface area contributed by atoms with Crippen LogP contribution in [0.25, 0.3) is 0 Å². The first-order valence-corrected chi connectivity index (χ1v) is 6.41. The number of hydrogen-bond donors (Lipinski definition) is 1. The average Bonchev–Trinajstić information content (AvgIpc) is 2.59. The Morgan fingerprint density at radius 3 is 2.93 bits per heavy atom. The lowest BCUT2D eigenvalue weighted by Gasteiger charge is -2.16. The van der Waals surface area contributed by atoms with Crippen molar-refractivity contribution in [2.75, 3.05) is 20.3 Å². The lowest BCUT2D eigenvalue weighted by atomic mass is 10.1. The maximum atomic E-state index is 5.19. The van der Waals surface area contributed by atoms with Crippen LogP contribution in [0.4, 0.5) is 0 Å². The molecule has 0 spiro atoms. The molecule has 1 rings (SSSR count). The summed E-state index contributed by atoms with van der Waals surface area (Å²) in [4.78, 5) is 0. The van der Waals surface area contributed by atoms with Crippen molar-refractivity contribution in [2.45, 2.75) is 19.4 Å². The van der Waals surface area contributed by atoms with E-state index in [4.69, 9.17) is 4.74 Å². The smallest absolute Gasteiger partial charge is 0.0701 e. The molecule has 0 bridgehead atoms. The molecule has 1 aromatic heterocycles. The first kappa shape index (κ1) is 12.2. The Labute approximate surface area is 97.8 Å². The summed E-state index contributed by atoms with van der Waals surface area (Å²) in [5.41, 5.74) is 1.30. The minimum atomic E-state index is 0.322. The van der Waals surface area contributed by atoms with Crippen molar-refractivity contribution in [1.29, 1.82) is 0 Å². The third-order valence-corrected chi connectivity index (χ3v) is 3.49. The summed E-state index contributed by atoms with van der Waals surface area (Å²) in [6.07, 6.45) is 1.14. The van der Waals surface area contributed by atoms with Crippen LogP contribution in [-0.2, 0) is 4.74 Å². The predicted molar refractivity (Wildman–Crippen MR) is 64.9 cm³/mol. The molecule has 0 amide bonds. The Balaban J connectivity index is 2.57. The van der Waals surface area contributed by atoms with E-state index < -0.39 is 0 Å². The summed E-state index contributed by atoms with van der Waals surface area (Å²) in [5.74, 6) is 0. The Morgan fingerprint density at radius 2 is 2.43 bits per heavy atom. The van der Waals surface area contributed by atoms with Gasteiger partial charge in [0.2, 0.25) is 0 Å². The second-order valence-electron chi connectivity index (χ2n) is 3.15. The Morgan fingerprint density at radius 1 is 1.64 bits per heavy atom. The van der Waals surface area contributed by atoms with Crippen molar-refractivity contribution >= 4 is 27.3 Å². The molecule has 2 nitrogen and oxygen atoms in total. The van der Waals surface area contributed by atoms with Crippen LogP contribution in [0.3, 0.4) is 0 Å². The molecule has 0 aliphatic carbocycles. The molecule has 0 radical (unpaired) electrons. The van der Waals surface area contributed by atoms with Gasteiger partial charge in [-0.05, 0) is 45.9 Å². The standard InChI is InChI=1S/C10H16BrNOS/c1-3-4-12-9(6-13-2)8-5-10(11)14-7-8/h5,7,9,12H,3-4,6H2,1-2H3. The van der Waals surface area contributed by atoms with Crippen LogP contribution in [-0.4, -0.2) is 20.3 Å². The van der Waals surface area contributed by atoms with Gasteiger partial charge >= 0.3 is 0 Å². The normalized spacial score (nSPS) is 13.1. The fraction of sp³-hybridized carbons (Fsp3) is 0.600. The molecular formula is C10H16BrNOS. The lowest BCUT2D eigenvalue weighted by molar-refractivity contribution is 0.167. The van der Waals surface area contributed by atoms with E-state index >= 15 is 0 Å². The van der Waals surface area contributed by atoms with E-state index in [0.717, 1.165) is 19.6 Å². The second-order valence-corrected chi connectivity index (χ2v) is 5.44. The molecule has 80 valence electrons. The van der Waals surface area contributed by atoms with E-state index in [2.05, 4.69) is 39.6 Å². The molecule has 0 fully saturated rings. The lowest BCUT2D eigenvalue weighted by Crippen LogP contribution is -2.25. The molecule has 1 atom stereocenters. The fourth-order valence-electron chi connectivity index (χ4n) is 1.26. The van der Waals surface area contributed by atoms with Gasteiger partial charge < -0.3 is 10.1 Å². The van der Waals surface area contributed by atoms with Crippen LogP contribution in [0.5, 0.6) is 0 Å². The topological polar surface area (TPSA) is 21.3 Å². The number of thiophene rings is 1. The highest BCUT2D eigenvalue weighted by atomic mass is 79.9. The number of ether oxygens (including phenoxy) is 1. The molecule has 4 heteroatoms. The molecule has 14 heavy (non-hydrogen) atoms. The second kappa shape index (κ2) is 6.56. The van der Waals surface area contributed by atoms with Crippen molar-refractivity contribution in [2.24, 2.45) is 0 Å². The zero-order chi connectivity index (χ0) is 10.4. The van der Waals surface area contributed by atoms with Gasteiger partial charge in [-0.15, -0.1) is 11.3 Å². The first-order valence-electron chi connectivity index (χ1n) is 4.74. The van der Waals surface area contributed by atoms with Crippen LogP contribution >= 0.6 is 27.3 Å². The molecule has 1 unspecified atom stereocenters. The van der Waals surface area contributed by atoms with E-state index in [0.29, 0.717) is 6.04 Å².